The lowest BCUT2D eigenvalue weighted by Crippen LogP contribution is -2.32. The lowest BCUT2D eigenvalue weighted by molar-refractivity contribution is 0.0727. The van der Waals surface area contributed by atoms with Gasteiger partial charge in [-0.05, 0) is 42.7 Å². The first-order valence-corrected chi connectivity index (χ1v) is 8.30. The Hall–Kier alpha value is -2.01. The molecule has 23 heavy (non-hydrogen) atoms. The normalized spacial score (nSPS) is 13.7. The minimum absolute atomic E-state index is 0.0470. The number of carbonyl (C=O) groups is 1. The van der Waals surface area contributed by atoms with Crippen molar-refractivity contribution in [2.75, 3.05) is 7.11 Å². The number of ether oxygens (including phenoxy) is 1. The molecule has 0 aromatic heterocycles. The fraction of sp³-hybridized carbons (Fsp3) is 0.278. The maximum absolute atomic E-state index is 12.8. The molecule has 5 heteroatoms. The molecule has 1 saturated carbocycles. The van der Waals surface area contributed by atoms with Gasteiger partial charge in [0.2, 0.25) is 0 Å². The Morgan fingerprint density at radius 2 is 2.09 bits per heavy atom. The standard InChI is InChI=1S/C18H18BrNO3/c1-23-15-7-8-16(17(21)10-15)18(22)20(14-5-6-14)11-12-3-2-4-13(19)9-12/h2-4,7-10,14,21H,5-6,11H2,1H3. The van der Waals surface area contributed by atoms with E-state index >= 15 is 0 Å². The number of aromatic hydroxyl groups is 1. The molecule has 0 spiro atoms. The summed E-state index contributed by atoms with van der Waals surface area (Å²) in [6.07, 6.45) is 2.02. The highest BCUT2D eigenvalue weighted by atomic mass is 79.9. The van der Waals surface area contributed by atoms with Gasteiger partial charge in [0.05, 0.1) is 12.7 Å². The molecule has 2 aromatic carbocycles. The Bertz CT molecular complexity index is 728. The van der Waals surface area contributed by atoms with Gasteiger partial charge in [-0.3, -0.25) is 4.79 Å². The van der Waals surface area contributed by atoms with Crippen LogP contribution in [0, 0.1) is 0 Å². The summed E-state index contributed by atoms with van der Waals surface area (Å²) >= 11 is 3.46. The zero-order valence-corrected chi connectivity index (χ0v) is 14.4. The predicted molar refractivity (Wildman–Crippen MR) is 91.7 cm³/mol. The molecular weight excluding hydrogens is 358 g/mol. The first-order chi connectivity index (χ1) is 11.1. The number of hydrogen-bond acceptors (Lipinski definition) is 3. The van der Waals surface area contributed by atoms with E-state index < -0.39 is 0 Å². The Labute approximate surface area is 143 Å². The molecule has 0 saturated heterocycles. The average molecular weight is 376 g/mol. The van der Waals surface area contributed by atoms with Gasteiger partial charge in [-0.15, -0.1) is 0 Å². The smallest absolute Gasteiger partial charge is 0.258 e. The third-order valence-corrected chi connectivity index (χ3v) is 4.42. The van der Waals surface area contributed by atoms with Crippen molar-refractivity contribution < 1.29 is 14.6 Å². The van der Waals surface area contributed by atoms with E-state index in [1.165, 1.54) is 13.2 Å². The average Bonchev–Trinajstić information content (AvgIpc) is 3.36. The van der Waals surface area contributed by atoms with Crippen LogP contribution in [0.3, 0.4) is 0 Å². The Morgan fingerprint density at radius 1 is 1.30 bits per heavy atom. The maximum Gasteiger partial charge on any atom is 0.258 e. The lowest BCUT2D eigenvalue weighted by atomic mass is 10.1. The minimum atomic E-state index is -0.146. The number of hydrogen-bond donors (Lipinski definition) is 1. The van der Waals surface area contributed by atoms with E-state index in [0.717, 1.165) is 22.9 Å². The topological polar surface area (TPSA) is 49.8 Å². The zero-order valence-electron chi connectivity index (χ0n) is 12.8. The van der Waals surface area contributed by atoms with Crippen LogP contribution in [-0.2, 0) is 6.54 Å². The van der Waals surface area contributed by atoms with Crippen molar-refractivity contribution >= 4 is 21.8 Å². The number of amides is 1. The molecule has 2 aromatic rings. The Balaban J connectivity index is 1.85. The van der Waals surface area contributed by atoms with Gasteiger partial charge >= 0.3 is 0 Å². The van der Waals surface area contributed by atoms with Crippen molar-refractivity contribution in [1.82, 2.24) is 4.90 Å². The van der Waals surface area contributed by atoms with Gasteiger partial charge in [-0.25, -0.2) is 0 Å². The molecule has 0 heterocycles. The van der Waals surface area contributed by atoms with Crippen LogP contribution >= 0.6 is 15.9 Å². The van der Waals surface area contributed by atoms with Gasteiger partial charge in [-0.1, -0.05) is 28.1 Å². The predicted octanol–water partition coefficient (Wildman–Crippen LogP) is 3.97. The maximum atomic E-state index is 12.8. The van der Waals surface area contributed by atoms with Gasteiger partial charge in [0.1, 0.15) is 11.5 Å². The monoisotopic (exact) mass is 375 g/mol. The summed E-state index contributed by atoms with van der Waals surface area (Å²) in [4.78, 5) is 14.7. The zero-order chi connectivity index (χ0) is 16.4. The number of phenolic OH excluding ortho intramolecular Hbond substituents is 1. The first kappa shape index (κ1) is 15.9. The van der Waals surface area contributed by atoms with Crippen molar-refractivity contribution in [2.24, 2.45) is 0 Å². The number of methoxy groups -OCH3 is 1. The van der Waals surface area contributed by atoms with E-state index in [1.54, 1.807) is 12.1 Å². The van der Waals surface area contributed by atoms with Crippen molar-refractivity contribution in [3.05, 3.63) is 58.1 Å². The molecule has 1 N–H and O–H groups in total. The van der Waals surface area contributed by atoms with Crippen molar-refractivity contribution in [1.29, 1.82) is 0 Å². The summed E-state index contributed by atoms with van der Waals surface area (Å²) < 4.78 is 6.06. The van der Waals surface area contributed by atoms with E-state index in [2.05, 4.69) is 15.9 Å². The largest absolute Gasteiger partial charge is 0.507 e. The van der Waals surface area contributed by atoms with Gasteiger partial charge in [0.25, 0.3) is 5.91 Å². The molecule has 0 atom stereocenters. The molecule has 0 radical (unpaired) electrons. The minimum Gasteiger partial charge on any atom is -0.507 e. The third kappa shape index (κ3) is 3.67. The van der Waals surface area contributed by atoms with Crippen LogP contribution in [0.4, 0.5) is 0 Å². The summed E-state index contributed by atoms with van der Waals surface area (Å²) in [6, 6.07) is 13.0. The number of carbonyl (C=O) groups excluding carboxylic acids is 1. The number of benzene rings is 2. The van der Waals surface area contributed by atoms with Crippen molar-refractivity contribution in [3.8, 4) is 11.5 Å². The summed E-state index contributed by atoms with van der Waals surface area (Å²) in [6.45, 7) is 0.536. The fourth-order valence-electron chi connectivity index (χ4n) is 2.56. The van der Waals surface area contributed by atoms with E-state index in [9.17, 15) is 9.90 Å². The molecule has 0 bridgehead atoms. The van der Waals surface area contributed by atoms with Crippen molar-refractivity contribution in [2.45, 2.75) is 25.4 Å². The van der Waals surface area contributed by atoms with Gasteiger partial charge in [-0.2, -0.15) is 0 Å². The van der Waals surface area contributed by atoms with Crippen LogP contribution in [0.1, 0.15) is 28.8 Å². The van der Waals surface area contributed by atoms with Crippen molar-refractivity contribution in [3.63, 3.8) is 0 Å². The SMILES string of the molecule is COc1ccc(C(=O)N(Cc2cccc(Br)c2)C2CC2)c(O)c1. The molecule has 4 nitrogen and oxygen atoms in total. The van der Waals surface area contributed by atoms with E-state index in [4.69, 9.17) is 4.74 Å². The van der Waals surface area contributed by atoms with E-state index in [1.807, 2.05) is 29.2 Å². The number of phenols is 1. The molecular formula is C18H18BrNO3. The molecule has 1 fully saturated rings. The number of nitrogens with zero attached hydrogens (tertiary/aromatic N) is 1. The molecule has 1 aliphatic rings. The highest BCUT2D eigenvalue weighted by Gasteiger charge is 2.34. The molecule has 1 aliphatic carbocycles. The lowest BCUT2D eigenvalue weighted by Gasteiger charge is -2.23. The third-order valence-electron chi connectivity index (χ3n) is 3.93. The summed E-state index contributed by atoms with van der Waals surface area (Å²) in [5, 5.41) is 10.1. The highest BCUT2D eigenvalue weighted by molar-refractivity contribution is 9.10. The second-order valence-corrected chi connectivity index (χ2v) is 6.59. The van der Waals surface area contributed by atoms with Crippen LogP contribution < -0.4 is 4.74 Å². The molecule has 3 rings (SSSR count). The van der Waals surface area contributed by atoms with Gasteiger partial charge in [0.15, 0.2) is 0 Å². The van der Waals surface area contributed by atoms with E-state index in [-0.39, 0.29) is 17.7 Å². The van der Waals surface area contributed by atoms with Crippen LogP contribution in [0.2, 0.25) is 0 Å². The van der Waals surface area contributed by atoms with Crippen LogP contribution in [0.15, 0.2) is 46.9 Å². The molecule has 0 aliphatic heterocycles. The van der Waals surface area contributed by atoms with Gasteiger partial charge in [0, 0.05) is 23.1 Å². The quantitative estimate of drug-likeness (QED) is 0.859. The highest BCUT2D eigenvalue weighted by Crippen LogP contribution is 2.32. The van der Waals surface area contributed by atoms with Crippen LogP contribution in [-0.4, -0.2) is 29.1 Å². The number of rotatable bonds is 5. The second-order valence-electron chi connectivity index (χ2n) is 5.68. The Morgan fingerprint density at radius 3 is 2.70 bits per heavy atom. The second kappa shape index (κ2) is 6.62. The number of halogens is 1. The van der Waals surface area contributed by atoms with E-state index in [0.29, 0.717) is 17.9 Å². The molecule has 0 unspecified atom stereocenters. The van der Waals surface area contributed by atoms with Crippen LogP contribution in [0.5, 0.6) is 11.5 Å². The molecule has 1 amide bonds. The Kier molecular flexibility index (Phi) is 4.57. The summed E-state index contributed by atoms with van der Waals surface area (Å²) in [5.41, 5.74) is 1.38. The first-order valence-electron chi connectivity index (χ1n) is 7.51. The van der Waals surface area contributed by atoms with Gasteiger partial charge < -0.3 is 14.7 Å². The molecule has 120 valence electrons. The summed E-state index contributed by atoms with van der Waals surface area (Å²) in [5.74, 6) is 0.339. The van der Waals surface area contributed by atoms with Crippen LogP contribution in [0.25, 0.3) is 0 Å². The fourth-order valence-corrected chi connectivity index (χ4v) is 3.01. The summed E-state index contributed by atoms with van der Waals surface area (Å²) in [7, 11) is 1.53.